The Labute approximate surface area is 191 Å². The standard InChI is InChI=1S/C28H22F3NO/c1-33-15-14-22-9-12-24(32-18-22)11-8-20-4-2-19(3-5-20)6-7-21-10-13-25-23(16-21)17-26(29)28(31)27(25)30/h2-5,9-10,12-13,16-18H,8,11,14-15H2,1H3. The van der Waals surface area contributed by atoms with Crippen molar-refractivity contribution < 1.29 is 17.9 Å². The summed E-state index contributed by atoms with van der Waals surface area (Å²) in [6.07, 6.45) is 4.48. The molecule has 0 fully saturated rings. The van der Waals surface area contributed by atoms with E-state index in [2.05, 4.69) is 29.0 Å². The van der Waals surface area contributed by atoms with E-state index in [4.69, 9.17) is 4.74 Å². The molecule has 0 bridgehead atoms. The van der Waals surface area contributed by atoms with Gasteiger partial charge in [0.2, 0.25) is 0 Å². The van der Waals surface area contributed by atoms with E-state index in [1.165, 1.54) is 11.6 Å². The number of pyridine rings is 1. The van der Waals surface area contributed by atoms with E-state index in [0.717, 1.165) is 42.1 Å². The smallest absolute Gasteiger partial charge is 0.195 e. The number of hydrogen-bond acceptors (Lipinski definition) is 2. The summed E-state index contributed by atoms with van der Waals surface area (Å²) in [6.45, 7) is 0.689. The number of halogens is 3. The van der Waals surface area contributed by atoms with Crippen molar-refractivity contribution in [3.8, 4) is 11.8 Å². The molecule has 3 aromatic carbocycles. The molecule has 4 aromatic rings. The maximum atomic E-state index is 13.9. The van der Waals surface area contributed by atoms with E-state index < -0.39 is 17.5 Å². The van der Waals surface area contributed by atoms with Crippen LogP contribution >= 0.6 is 0 Å². The van der Waals surface area contributed by atoms with Crippen molar-refractivity contribution in [1.82, 2.24) is 4.98 Å². The fourth-order valence-electron chi connectivity index (χ4n) is 3.53. The number of hydrogen-bond donors (Lipinski definition) is 0. The Morgan fingerprint density at radius 2 is 1.48 bits per heavy atom. The second-order valence-corrected chi connectivity index (χ2v) is 7.77. The molecule has 0 N–H and O–H groups in total. The molecule has 2 nitrogen and oxygen atoms in total. The van der Waals surface area contributed by atoms with Gasteiger partial charge in [0, 0.05) is 35.5 Å². The summed E-state index contributed by atoms with van der Waals surface area (Å²) in [5, 5.41) is 0.303. The van der Waals surface area contributed by atoms with Crippen molar-refractivity contribution in [2.75, 3.05) is 13.7 Å². The van der Waals surface area contributed by atoms with E-state index >= 15 is 0 Å². The zero-order chi connectivity index (χ0) is 23.2. The lowest BCUT2D eigenvalue weighted by atomic mass is 10.0. The number of methoxy groups -OCH3 is 1. The van der Waals surface area contributed by atoms with Crippen LogP contribution in [0.2, 0.25) is 0 Å². The first-order valence-electron chi connectivity index (χ1n) is 10.6. The zero-order valence-electron chi connectivity index (χ0n) is 18.2. The SMILES string of the molecule is COCCc1ccc(CCc2ccc(C#Cc3ccc4c(F)c(F)c(F)cc4c3)cc2)nc1. The van der Waals surface area contributed by atoms with Gasteiger partial charge in [-0.15, -0.1) is 0 Å². The van der Waals surface area contributed by atoms with Crippen LogP contribution in [0.5, 0.6) is 0 Å². The highest BCUT2D eigenvalue weighted by molar-refractivity contribution is 5.84. The van der Waals surface area contributed by atoms with E-state index in [1.807, 2.05) is 30.5 Å². The van der Waals surface area contributed by atoms with Crippen molar-refractivity contribution >= 4 is 10.8 Å². The molecule has 0 spiro atoms. The Kier molecular flexibility index (Phi) is 7.07. The summed E-state index contributed by atoms with van der Waals surface area (Å²) in [4.78, 5) is 4.52. The van der Waals surface area contributed by atoms with Crippen LogP contribution < -0.4 is 0 Å². The van der Waals surface area contributed by atoms with Crippen molar-refractivity contribution in [1.29, 1.82) is 0 Å². The molecule has 0 atom stereocenters. The van der Waals surface area contributed by atoms with Crippen molar-refractivity contribution in [2.24, 2.45) is 0 Å². The lowest BCUT2D eigenvalue weighted by Gasteiger charge is -2.04. The molecule has 0 saturated heterocycles. The number of fused-ring (bicyclic) bond motifs is 1. The highest BCUT2D eigenvalue weighted by Crippen LogP contribution is 2.24. The average Bonchev–Trinajstić information content (AvgIpc) is 2.84. The topological polar surface area (TPSA) is 22.1 Å². The van der Waals surface area contributed by atoms with Crippen LogP contribution in [-0.4, -0.2) is 18.7 Å². The number of benzene rings is 3. The Morgan fingerprint density at radius 1 is 0.758 bits per heavy atom. The Hall–Kier alpha value is -3.62. The number of ether oxygens (including phenoxy) is 1. The van der Waals surface area contributed by atoms with Gasteiger partial charge in [0.25, 0.3) is 0 Å². The maximum absolute atomic E-state index is 13.9. The quantitative estimate of drug-likeness (QED) is 0.267. The highest BCUT2D eigenvalue weighted by Gasteiger charge is 2.13. The van der Waals surface area contributed by atoms with Crippen LogP contribution in [0.3, 0.4) is 0 Å². The monoisotopic (exact) mass is 445 g/mol. The first kappa shape index (κ1) is 22.6. The molecular weight excluding hydrogens is 423 g/mol. The fraction of sp³-hybridized carbons (Fsp3) is 0.179. The van der Waals surface area contributed by atoms with Gasteiger partial charge in [-0.1, -0.05) is 36.1 Å². The average molecular weight is 445 g/mol. The highest BCUT2D eigenvalue weighted by atomic mass is 19.2. The molecule has 0 radical (unpaired) electrons. The van der Waals surface area contributed by atoms with E-state index in [0.29, 0.717) is 12.2 Å². The first-order chi connectivity index (χ1) is 16.0. The second kappa shape index (κ2) is 10.3. The predicted molar refractivity (Wildman–Crippen MR) is 123 cm³/mol. The summed E-state index contributed by atoms with van der Waals surface area (Å²) in [5.74, 6) is 2.20. The van der Waals surface area contributed by atoms with Crippen molar-refractivity contribution in [2.45, 2.75) is 19.3 Å². The summed E-state index contributed by atoms with van der Waals surface area (Å²) in [7, 11) is 1.69. The minimum atomic E-state index is -1.46. The summed E-state index contributed by atoms with van der Waals surface area (Å²) in [5.41, 5.74) is 4.82. The number of aromatic nitrogens is 1. The molecule has 0 unspecified atom stereocenters. The van der Waals surface area contributed by atoms with Crippen LogP contribution in [0.25, 0.3) is 10.8 Å². The minimum absolute atomic E-state index is 0.0305. The molecule has 0 aliphatic carbocycles. The van der Waals surface area contributed by atoms with Gasteiger partial charge >= 0.3 is 0 Å². The van der Waals surface area contributed by atoms with Gasteiger partial charge in [-0.3, -0.25) is 4.98 Å². The van der Waals surface area contributed by atoms with Gasteiger partial charge in [0.05, 0.1) is 6.61 Å². The summed E-state index contributed by atoms with van der Waals surface area (Å²) >= 11 is 0. The number of aryl methyl sites for hydroxylation is 2. The van der Waals surface area contributed by atoms with Gasteiger partial charge in [-0.05, 0) is 72.2 Å². The van der Waals surface area contributed by atoms with E-state index in [-0.39, 0.29) is 10.8 Å². The van der Waals surface area contributed by atoms with Crippen LogP contribution in [0.4, 0.5) is 13.2 Å². The largest absolute Gasteiger partial charge is 0.384 e. The normalized spacial score (nSPS) is 10.8. The van der Waals surface area contributed by atoms with Crippen LogP contribution in [0, 0.1) is 29.3 Å². The van der Waals surface area contributed by atoms with Crippen LogP contribution in [0.15, 0.2) is 66.9 Å². The van der Waals surface area contributed by atoms with Crippen molar-refractivity contribution in [3.05, 3.63) is 112 Å². The van der Waals surface area contributed by atoms with Gasteiger partial charge in [0.1, 0.15) is 0 Å². The van der Waals surface area contributed by atoms with Gasteiger partial charge in [-0.25, -0.2) is 13.2 Å². The summed E-state index contributed by atoms with van der Waals surface area (Å²) in [6, 6.07) is 17.6. The third-order valence-electron chi connectivity index (χ3n) is 5.43. The van der Waals surface area contributed by atoms with Gasteiger partial charge in [-0.2, -0.15) is 0 Å². The lowest BCUT2D eigenvalue weighted by Crippen LogP contribution is -1.98. The predicted octanol–water partition coefficient (Wildman–Crippen LogP) is 6.03. The number of rotatable bonds is 6. The molecule has 0 aliphatic heterocycles. The molecule has 166 valence electrons. The Balaban J connectivity index is 1.40. The molecule has 4 rings (SSSR count). The third-order valence-corrected chi connectivity index (χ3v) is 5.43. The maximum Gasteiger partial charge on any atom is 0.195 e. The molecule has 0 amide bonds. The molecule has 0 aliphatic rings. The molecule has 5 heteroatoms. The Bertz CT molecular complexity index is 1320. The van der Waals surface area contributed by atoms with Gasteiger partial charge < -0.3 is 4.74 Å². The third kappa shape index (κ3) is 5.60. The van der Waals surface area contributed by atoms with Crippen LogP contribution in [0.1, 0.15) is 27.9 Å². The molecular formula is C28H22F3NO. The second-order valence-electron chi connectivity index (χ2n) is 7.77. The van der Waals surface area contributed by atoms with Crippen LogP contribution in [-0.2, 0) is 24.0 Å². The molecule has 1 heterocycles. The lowest BCUT2D eigenvalue weighted by molar-refractivity contribution is 0.202. The van der Waals surface area contributed by atoms with E-state index in [1.54, 1.807) is 19.2 Å². The number of nitrogens with zero attached hydrogens (tertiary/aromatic N) is 1. The molecule has 0 saturated carbocycles. The van der Waals surface area contributed by atoms with E-state index in [9.17, 15) is 13.2 Å². The fourth-order valence-corrected chi connectivity index (χ4v) is 3.53. The zero-order valence-corrected chi connectivity index (χ0v) is 18.2. The molecule has 1 aromatic heterocycles. The van der Waals surface area contributed by atoms with Crippen molar-refractivity contribution in [3.63, 3.8) is 0 Å². The summed E-state index contributed by atoms with van der Waals surface area (Å²) < 4.78 is 45.8. The Morgan fingerprint density at radius 3 is 2.21 bits per heavy atom. The minimum Gasteiger partial charge on any atom is -0.384 e. The first-order valence-corrected chi connectivity index (χ1v) is 10.6. The molecule has 33 heavy (non-hydrogen) atoms. The van der Waals surface area contributed by atoms with Gasteiger partial charge in [0.15, 0.2) is 17.5 Å².